The Labute approximate surface area is 111 Å². The summed E-state index contributed by atoms with van der Waals surface area (Å²) in [5.41, 5.74) is 0. The number of nitrogens with zero attached hydrogens (tertiary/aromatic N) is 1. The lowest BCUT2D eigenvalue weighted by atomic mass is 10.4. The fourth-order valence-corrected chi connectivity index (χ4v) is 0.843. The molecule has 0 atom stereocenters. The molecule has 19 heavy (non-hydrogen) atoms. The van der Waals surface area contributed by atoms with Crippen molar-refractivity contribution in [1.29, 1.82) is 0 Å². The maximum atomic E-state index is 8.74. The minimum atomic E-state index is -4.67. The molecule has 0 aromatic carbocycles. The predicted molar refractivity (Wildman–Crippen MR) is 63.8 cm³/mol. The van der Waals surface area contributed by atoms with Gasteiger partial charge in [0.2, 0.25) is 0 Å². The van der Waals surface area contributed by atoms with Gasteiger partial charge in [-0.25, -0.2) is 9.78 Å². The minimum absolute atomic E-state index is 0.0694. The van der Waals surface area contributed by atoms with E-state index in [4.69, 9.17) is 32.8 Å². The molecule has 11 heteroatoms. The molecular formula is C8H21NO9S. The van der Waals surface area contributed by atoms with Gasteiger partial charge >= 0.3 is 10.4 Å². The molecule has 0 saturated carbocycles. The van der Waals surface area contributed by atoms with Gasteiger partial charge in [-0.15, -0.1) is 0 Å². The van der Waals surface area contributed by atoms with Gasteiger partial charge in [0, 0.05) is 19.6 Å². The predicted octanol–water partition coefficient (Wildman–Crippen LogP) is -2.44. The standard InChI is InChI=1S/C6H15NO3.C2H4O2.H2O4S/c8-4-1-7(2-5-9)3-6-10;1-2-4-3-1;1-5(2,3)4/h8-10H,1-6H2;1-2H2;(H2,1,2,3,4). The lowest BCUT2D eigenvalue weighted by Crippen LogP contribution is -2.32. The first-order valence-electron chi connectivity index (χ1n) is 5.34. The normalized spacial score (nSPS) is 13.8. The second-order valence-corrected chi connectivity index (χ2v) is 4.00. The van der Waals surface area contributed by atoms with Crippen LogP contribution in [0.1, 0.15) is 0 Å². The summed E-state index contributed by atoms with van der Waals surface area (Å²) in [5, 5.41) is 25.5. The molecule has 0 radical (unpaired) electrons. The van der Waals surface area contributed by atoms with Gasteiger partial charge < -0.3 is 15.3 Å². The van der Waals surface area contributed by atoms with Crippen LogP contribution in [0.5, 0.6) is 0 Å². The molecule has 1 aliphatic rings. The Balaban J connectivity index is 0. The summed E-state index contributed by atoms with van der Waals surface area (Å²) in [5.74, 6) is 0. The highest BCUT2D eigenvalue weighted by Crippen LogP contribution is 1.87. The van der Waals surface area contributed by atoms with Gasteiger partial charge in [-0.2, -0.15) is 8.42 Å². The third-order valence-corrected chi connectivity index (χ3v) is 1.58. The molecule has 0 unspecified atom stereocenters. The Morgan fingerprint density at radius 3 is 1.16 bits per heavy atom. The number of hydrogen-bond acceptors (Lipinski definition) is 8. The third kappa shape index (κ3) is 27.0. The van der Waals surface area contributed by atoms with Gasteiger partial charge in [-0.1, -0.05) is 0 Å². The molecule has 0 amide bonds. The molecule has 1 rings (SSSR count). The van der Waals surface area contributed by atoms with Crippen molar-refractivity contribution < 1.29 is 42.6 Å². The van der Waals surface area contributed by atoms with Crippen molar-refractivity contribution in [3.63, 3.8) is 0 Å². The summed E-state index contributed by atoms with van der Waals surface area (Å²) in [4.78, 5) is 10.2. The summed E-state index contributed by atoms with van der Waals surface area (Å²) in [7, 11) is -4.67. The van der Waals surface area contributed by atoms with E-state index in [0.29, 0.717) is 19.6 Å². The molecule has 1 saturated heterocycles. The molecule has 1 fully saturated rings. The Bertz CT molecular complexity index is 241. The highest BCUT2D eigenvalue weighted by molar-refractivity contribution is 7.79. The van der Waals surface area contributed by atoms with Crippen LogP contribution in [-0.2, 0) is 20.2 Å². The van der Waals surface area contributed by atoms with E-state index in [1.165, 1.54) is 0 Å². The van der Waals surface area contributed by atoms with E-state index >= 15 is 0 Å². The largest absolute Gasteiger partial charge is 0.395 e. The fraction of sp³-hybridized carbons (Fsp3) is 1.00. The number of rotatable bonds is 6. The van der Waals surface area contributed by atoms with Crippen LogP contribution >= 0.6 is 0 Å². The van der Waals surface area contributed by atoms with Crippen LogP contribution < -0.4 is 0 Å². The molecule has 5 N–H and O–H groups in total. The van der Waals surface area contributed by atoms with E-state index in [0.717, 1.165) is 13.2 Å². The number of hydrogen-bond donors (Lipinski definition) is 5. The van der Waals surface area contributed by atoms with Crippen molar-refractivity contribution in [2.75, 3.05) is 52.7 Å². The molecule has 10 nitrogen and oxygen atoms in total. The summed E-state index contributed by atoms with van der Waals surface area (Å²) in [6.45, 7) is 3.31. The number of aliphatic hydroxyl groups is 3. The average molecular weight is 307 g/mol. The molecule has 0 spiro atoms. The summed E-state index contributed by atoms with van der Waals surface area (Å²) in [6.07, 6.45) is 0. The summed E-state index contributed by atoms with van der Waals surface area (Å²) in [6, 6.07) is 0. The molecule has 0 bridgehead atoms. The monoisotopic (exact) mass is 307 g/mol. The zero-order valence-electron chi connectivity index (χ0n) is 10.4. The summed E-state index contributed by atoms with van der Waals surface area (Å²) < 4.78 is 31.6. The van der Waals surface area contributed by atoms with Crippen molar-refractivity contribution in [1.82, 2.24) is 4.90 Å². The van der Waals surface area contributed by atoms with Crippen molar-refractivity contribution in [3.8, 4) is 0 Å². The van der Waals surface area contributed by atoms with Crippen LogP contribution in [0, 0.1) is 0 Å². The van der Waals surface area contributed by atoms with Crippen molar-refractivity contribution >= 4 is 10.4 Å². The van der Waals surface area contributed by atoms with E-state index in [1.807, 2.05) is 0 Å². The maximum absolute atomic E-state index is 8.74. The van der Waals surface area contributed by atoms with E-state index in [9.17, 15) is 0 Å². The molecule has 0 aromatic rings. The number of aliphatic hydroxyl groups excluding tert-OH is 3. The van der Waals surface area contributed by atoms with Crippen molar-refractivity contribution in [2.24, 2.45) is 0 Å². The van der Waals surface area contributed by atoms with Gasteiger partial charge in [0.25, 0.3) is 0 Å². The lowest BCUT2D eigenvalue weighted by molar-refractivity contribution is -0.382. The van der Waals surface area contributed by atoms with E-state index in [1.54, 1.807) is 4.90 Å². The summed E-state index contributed by atoms with van der Waals surface area (Å²) >= 11 is 0. The molecule has 1 heterocycles. The van der Waals surface area contributed by atoms with Gasteiger partial charge in [-0.3, -0.25) is 14.0 Å². The minimum Gasteiger partial charge on any atom is -0.395 e. The molecular weight excluding hydrogens is 286 g/mol. The quantitative estimate of drug-likeness (QED) is 0.264. The van der Waals surface area contributed by atoms with Crippen LogP contribution in [-0.4, -0.2) is 90.4 Å². The first kappa shape index (κ1) is 20.9. The van der Waals surface area contributed by atoms with Crippen LogP contribution in [0.3, 0.4) is 0 Å². The van der Waals surface area contributed by atoms with Crippen molar-refractivity contribution in [3.05, 3.63) is 0 Å². The van der Waals surface area contributed by atoms with Gasteiger partial charge in [0.15, 0.2) is 0 Å². The smallest absolute Gasteiger partial charge is 0.394 e. The van der Waals surface area contributed by atoms with Crippen molar-refractivity contribution in [2.45, 2.75) is 0 Å². The van der Waals surface area contributed by atoms with E-state index in [2.05, 4.69) is 9.78 Å². The average Bonchev–Trinajstić information content (AvgIpc) is 2.13. The fourth-order valence-electron chi connectivity index (χ4n) is 0.843. The first-order valence-corrected chi connectivity index (χ1v) is 6.74. The van der Waals surface area contributed by atoms with Gasteiger partial charge in [-0.05, 0) is 0 Å². The van der Waals surface area contributed by atoms with Gasteiger partial charge in [0.1, 0.15) is 13.2 Å². The zero-order chi connectivity index (χ0) is 15.1. The van der Waals surface area contributed by atoms with Crippen LogP contribution in [0.4, 0.5) is 0 Å². The highest BCUT2D eigenvalue weighted by Gasteiger charge is 2.00. The maximum Gasteiger partial charge on any atom is 0.394 e. The highest BCUT2D eigenvalue weighted by atomic mass is 32.3. The molecule has 0 aliphatic carbocycles. The SMILES string of the molecule is C1COO1.O=S(=O)(O)O.OCCN(CCO)CCO. The second kappa shape index (κ2) is 14.0. The molecule has 1 aliphatic heterocycles. The van der Waals surface area contributed by atoms with Crippen LogP contribution in [0.2, 0.25) is 0 Å². The Hall–Kier alpha value is -0.370. The van der Waals surface area contributed by atoms with Crippen LogP contribution in [0.15, 0.2) is 0 Å². The first-order chi connectivity index (χ1) is 8.85. The topological polar surface area (TPSA) is 157 Å². The van der Waals surface area contributed by atoms with Crippen LogP contribution in [0.25, 0.3) is 0 Å². The molecule has 118 valence electrons. The Morgan fingerprint density at radius 1 is 0.842 bits per heavy atom. The third-order valence-electron chi connectivity index (χ3n) is 1.58. The second-order valence-electron chi connectivity index (χ2n) is 3.10. The molecule has 0 aromatic heterocycles. The van der Waals surface area contributed by atoms with Gasteiger partial charge in [0.05, 0.1) is 19.8 Å². The zero-order valence-corrected chi connectivity index (χ0v) is 11.2. The Morgan fingerprint density at radius 2 is 1.05 bits per heavy atom. The van der Waals surface area contributed by atoms with E-state index < -0.39 is 10.4 Å². The lowest BCUT2D eigenvalue weighted by Gasteiger charge is -2.17. The Kier molecular flexibility index (Phi) is 15.5. The van der Waals surface area contributed by atoms with E-state index in [-0.39, 0.29) is 19.8 Å².